The first-order valence-corrected chi connectivity index (χ1v) is 11.4. The summed E-state index contributed by atoms with van der Waals surface area (Å²) in [4.78, 5) is 13.3. The Bertz CT molecular complexity index is 1120. The van der Waals surface area contributed by atoms with Gasteiger partial charge in [-0.25, -0.2) is 17.2 Å². The number of sulfonamides is 1. The Balaban J connectivity index is 1.64. The van der Waals surface area contributed by atoms with Crippen molar-refractivity contribution in [3.8, 4) is 5.75 Å². The van der Waals surface area contributed by atoms with Gasteiger partial charge >= 0.3 is 6.36 Å². The van der Waals surface area contributed by atoms with Gasteiger partial charge in [0.1, 0.15) is 22.3 Å². The number of hydrogen-bond acceptors (Lipinski definition) is 4. The Hall–Kier alpha value is -2.73. The number of halogens is 5. The van der Waals surface area contributed by atoms with Gasteiger partial charge < -0.3 is 9.64 Å². The molecule has 0 radical (unpaired) electrons. The standard InChI is InChI=1S/C21H21F5N2O4S/c1-27(13-15-4-2-3-5-18(15)32-21(24,25)26)20(29)14-8-10-28(11-9-14)33(30,31)19-12-16(22)6-7-17(19)23/h2-7,12,14H,8-11,13H2,1H3. The summed E-state index contributed by atoms with van der Waals surface area (Å²) >= 11 is 0. The number of para-hydroxylation sites is 1. The molecule has 180 valence electrons. The van der Waals surface area contributed by atoms with E-state index in [1.807, 2.05) is 0 Å². The molecule has 0 saturated carbocycles. The molecule has 1 aliphatic rings. The average molecular weight is 492 g/mol. The fourth-order valence-corrected chi connectivity index (χ4v) is 5.21. The second-order valence-electron chi connectivity index (χ2n) is 7.60. The summed E-state index contributed by atoms with van der Waals surface area (Å²) in [5.41, 5.74) is 0.160. The van der Waals surface area contributed by atoms with Crippen LogP contribution in [0.4, 0.5) is 22.0 Å². The molecule has 1 fully saturated rings. The average Bonchev–Trinajstić information content (AvgIpc) is 2.75. The van der Waals surface area contributed by atoms with Crippen LogP contribution in [0.1, 0.15) is 18.4 Å². The van der Waals surface area contributed by atoms with Crippen LogP contribution in [0.15, 0.2) is 47.4 Å². The van der Waals surface area contributed by atoms with Gasteiger partial charge in [0.25, 0.3) is 0 Å². The van der Waals surface area contributed by atoms with Gasteiger partial charge in [0, 0.05) is 38.2 Å². The van der Waals surface area contributed by atoms with Crippen molar-refractivity contribution in [2.45, 2.75) is 30.6 Å². The fourth-order valence-electron chi connectivity index (χ4n) is 3.66. The lowest BCUT2D eigenvalue weighted by Gasteiger charge is -2.32. The summed E-state index contributed by atoms with van der Waals surface area (Å²) in [5, 5.41) is 0. The number of nitrogens with zero attached hydrogens (tertiary/aromatic N) is 2. The minimum atomic E-state index is -4.88. The number of amides is 1. The topological polar surface area (TPSA) is 66.9 Å². The summed E-state index contributed by atoms with van der Waals surface area (Å²) in [7, 11) is -2.86. The van der Waals surface area contributed by atoms with E-state index in [9.17, 15) is 35.2 Å². The highest BCUT2D eigenvalue weighted by Crippen LogP contribution is 2.29. The second-order valence-corrected chi connectivity index (χ2v) is 9.51. The van der Waals surface area contributed by atoms with E-state index in [1.54, 1.807) is 0 Å². The third-order valence-corrected chi connectivity index (χ3v) is 7.21. The van der Waals surface area contributed by atoms with Gasteiger partial charge in [-0.05, 0) is 37.1 Å². The SMILES string of the molecule is CN(Cc1ccccc1OC(F)(F)F)C(=O)C1CCN(S(=O)(=O)c2cc(F)ccc2F)CC1. The Morgan fingerprint density at radius 2 is 1.76 bits per heavy atom. The number of alkyl halides is 3. The highest BCUT2D eigenvalue weighted by Gasteiger charge is 2.35. The minimum absolute atomic E-state index is 0.0870. The number of rotatable bonds is 6. The Morgan fingerprint density at radius 1 is 1.12 bits per heavy atom. The van der Waals surface area contributed by atoms with Gasteiger partial charge in [-0.3, -0.25) is 4.79 Å². The van der Waals surface area contributed by atoms with Crippen LogP contribution >= 0.6 is 0 Å². The number of piperidine rings is 1. The predicted molar refractivity (Wildman–Crippen MR) is 107 cm³/mol. The van der Waals surface area contributed by atoms with Gasteiger partial charge in [-0.15, -0.1) is 13.2 Å². The fraction of sp³-hybridized carbons (Fsp3) is 0.381. The van der Waals surface area contributed by atoms with E-state index in [1.165, 1.54) is 30.1 Å². The lowest BCUT2D eigenvalue weighted by Crippen LogP contribution is -2.43. The summed E-state index contributed by atoms with van der Waals surface area (Å²) in [6, 6.07) is 7.61. The van der Waals surface area contributed by atoms with Crippen molar-refractivity contribution in [2.24, 2.45) is 5.92 Å². The highest BCUT2D eigenvalue weighted by atomic mass is 32.2. The number of carbonyl (C=O) groups is 1. The monoisotopic (exact) mass is 492 g/mol. The summed E-state index contributed by atoms with van der Waals surface area (Å²) in [5.74, 6) is -3.33. The third-order valence-electron chi connectivity index (χ3n) is 5.30. The molecule has 0 aliphatic carbocycles. The number of ether oxygens (including phenoxy) is 1. The quantitative estimate of drug-likeness (QED) is 0.574. The van der Waals surface area contributed by atoms with Crippen molar-refractivity contribution in [1.82, 2.24) is 9.21 Å². The second kappa shape index (κ2) is 9.64. The molecule has 1 aliphatic heterocycles. The molecule has 0 unspecified atom stereocenters. The number of carbonyl (C=O) groups excluding carboxylic acids is 1. The molecule has 6 nitrogen and oxygen atoms in total. The molecule has 3 rings (SSSR count). The van der Waals surface area contributed by atoms with Crippen LogP contribution in [0.25, 0.3) is 0 Å². The number of benzene rings is 2. The smallest absolute Gasteiger partial charge is 0.405 e. The van der Waals surface area contributed by atoms with Gasteiger partial charge in [0.15, 0.2) is 0 Å². The van der Waals surface area contributed by atoms with Crippen LogP contribution in [-0.4, -0.2) is 50.0 Å². The maximum absolute atomic E-state index is 14.0. The minimum Gasteiger partial charge on any atom is -0.405 e. The van der Waals surface area contributed by atoms with E-state index in [0.717, 1.165) is 22.5 Å². The molecule has 2 aromatic rings. The van der Waals surface area contributed by atoms with E-state index >= 15 is 0 Å². The van der Waals surface area contributed by atoms with Gasteiger partial charge in [0.2, 0.25) is 15.9 Å². The maximum Gasteiger partial charge on any atom is 0.573 e. The summed E-state index contributed by atoms with van der Waals surface area (Å²) in [6.07, 6.45) is -4.63. The molecule has 0 N–H and O–H groups in total. The van der Waals surface area contributed by atoms with E-state index in [-0.39, 0.29) is 43.9 Å². The van der Waals surface area contributed by atoms with Crippen LogP contribution < -0.4 is 4.74 Å². The third kappa shape index (κ3) is 5.99. The van der Waals surface area contributed by atoms with Crippen LogP contribution in [0.3, 0.4) is 0 Å². The van der Waals surface area contributed by atoms with Gasteiger partial charge in [-0.2, -0.15) is 4.31 Å². The highest BCUT2D eigenvalue weighted by molar-refractivity contribution is 7.89. The van der Waals surface area contributed by atoms with E-state index < -0.39 is 44.6 Å². The molecule has 1 saturated heterocycles. The maximum atomic E-state index is 14.0. The largest absolute Gasteiger partial charge is 0.573 e. The first kappa shape index (κ1) is 24.9. The lowest BCUT2D eigenvalue weighted by molar-refractivity contribution is -0.275. The molecular weight excluding hydrogens is 471 g/mol. The van der Waals surface area contributed by atoms with E-state index in [4.69, 9.17) is 0 Å². The first-order chi connectivity index (χ1) is 15.4. The summed E-state index contributed by atoms with van der Waals surface area (Å²) < 4.78 is 95.6. The molecule has 12 heteroatoms. The van der Waals surface area contributed by atoms with Crippen molar-refractivity contribution in [2.75, 3.05) is 20.1 Å². The normalized spacial score (nSPS) is 15.9. The van der Waals surface area contributed by atoms with Crippen LogP contribution in [-0.2, 0) is 21.4 Å². The Morgan fingerprint density at radius 3 is 2.39 bits per heavy atom. The molecule has 1 heterocycles. The van der Waals surface area contributed by atoms with Crippen LogP contribution in [0.5, 0.6) is 5.75 Å². The van der Waals surface area contributed by atoms with Crippen molar-refractivity contribution >= 4 is 15.9 Å². The molecule has 0 bridgehead atoms. The summed E-state index contributed by atoms with van der Waals surface area (Å²) in [6.45, 7) is -0.315. The molecule has 1 amide bonds. The van der Waals surface area contributed by atoms with Crippen LogP contribution in [0, 0.1) is 17.6 Å². The molecule has 2 aromatic carbocycles. The first-order valence-electron chi connectivity index (χ1n) is 9.92. The zero-order chi connectivity index (χ0) is 24.4. The molecule has 0 spiro atoms. The predicted octanol–water partition coefficient (Wildman–Crippen LogP) is 3.92. The Kier molecular flexibility index (Phi) is 7.27. The van der Waals surface area contributed by atoms with Crippen molar-refractivity contribution in [3.05, 3.63) is 59.7 Å². The van der Waals surface area contributed by atoms with E-state index in [0.29, 0.717) is 6.07 Å². The van der Waals surface area contributed by atoms with Crippen molar-refractivity contribution in [1.29, 1.82) is 0 Å². The van der Waals surface area contributed by atoms with Crippen molar-refractivity contribution in [3.63, 3.8) is 0 Å². The molecule has 33 heavy (non-hydrogen) atoms. The Labute approximate surface area is 187 Å². The molecular formula is C21H21F5N2O4S. The lowest BCUT2D eigenvalue weighted by atomic mass is 9.96. The van der Waals surface area contributed by atoms with Gasteiger partial charge in [0.05, 0.1) is 0 Å². The molecule has 0 atom stereocenters. The zero-order valence-electron chi connectivity index (χ0n) is 17.5. The number of hydrogen-bond donors (Lipinski definition) is 0. The zero-order valence-corrected chi connectivity index (χ0v) is 18.3. The van der Waals surface area contributed by atoms with E-state index in [2.05, 4.69) is 4.74 Å². The molecule has 0 aromatic heterocycles. The van der Waals surface area contributed by atoms with Crippen molar-refractivity contribution < 1.29 is 39.9 Å². The van der Waals surface area contributed by atoms with Crippen LogP contribution in [0.2, 0.25) is 0 Å². The van der Waals surface area contributed by atoms with Gasteiger partial charge in [-0.1, -0.05) is 18.2 Å².